The Balaban J connectivity index is 2.54. The maximum Gasteiger partial charge on any atom is 0.164 e. The molecule has 1 aromatic carbocycles. The zero-order valence-corrected chi connectivity index (χ0v) is 9.25. The fourth-order valence-corrected chi connectivity index (χ4v) is 2.60. The van der Waals surface area contributed by atoms with Crippen molar-refractivity contribution in [1.29, 1.82) is 0 Å². The van der Waals surface area contributed by atoms with Crippen LogP contribution in [0.25, 0.3) is 11.1 Å². The number of thiophene rings is 1. The Hall–Kier alpha value is -1.48. The molecule has 0 fully saturated rings. The molecule has 2 rings (SSSR count). The summed E-state index contributed by atoms with van der Waals surface area (Å²) in [5, 5.41) is 5.67. The lowest BCUT2D eigenvalue weighted by Gasteiger charge is -2.01. The van der Waals surface area contributed by atoms with Gasteiger partial charge in [-0.05, 0) is 22.7 Å². The number of hydrogen-bond donors (Lipinski definition) is 0. The van der Waals surface area contributed by atoms with Crippen molar-refractivity contribution in [2.45, 2.75) is 13.3 Å². The normalized spacial score (nSPS) is 10.2. The van der Waals surface area contributed by atoms with Crippen molar-refractivity contribution in [1.82, 2.24) is 0 Å². The van der Waals surface area contributed by atoms with Gasteiger partial charge in [0.2, 0.25) is 0 Å². The van der Waals surface area contributed by atoms with E-state index < -0.39 is 0 Å². The Labute approximate surface area is 92.6 Å². The zero-order valence-electron chi connectivity index (χ0n) is 8.43. The molecule has 76 valence electrons. The van der Waals surface area contributed by atoms with Crippen LogP contribution in [0.5, 0.6) is 0 Å². The van der Waals surface area contributed by atoms with Crippen molar-refractivity contribution in [3.05, 3.63) is 46.2 Å². The quantitative estimate of drug-likeness (QED) is 0.702. The molecular formula is C12H11NOS. The van der Waals surface area contributed by atoms with E-state index in [1.54, 1.807) is 0 Å². The minimum absolute atomic E-state index is 0.608. The van der Waals surface area contributed by atoms with E-state index in [2.05, 4.69) is 17.3 Å². The first-order valence-electron chi connectivity index (χ1n) is 4.86. The van der Waals surface area contributed by atoms with Gasteiger partial charge in [0.25, 0.3) is 0 Å². The van der Waals surface area contributed by atoms with Crippen LogP contribution < -0.4 is 0 Å². The Kier molecular flexibility index (Phi) is 2.92. The Morgan fingerprint density at radius 3 is 2.60 bits per heavy atom. The van der Waals surface area contributed by atoms with Gasteiger partial charge in [0.15, 0.2) is 5.00 Å². The van der Waals surface area contributed by atoms with E-state index in [-0.39, 0.29) is 0 Å². The first-order valence-corrected chi connectivity index (χ1v) is 5.74. The van der Waals surface area contributed by atoms with Crippen LogP contribution in [0.2, 0.25) is 0 Å². The molecule has 0 unspecified atom stereocenters. The minimum Gasteiger partial charge on any atom is -0.144 e. The molecule has 0 saturated carbocycles. The van der Waals surface area contributed by atoms with E-state index >= 15 is 0 Å². The largest absolute Gasteiger partial charge is 0.164 e. The molecule has 0 bridgehead atoms. The average Bonchev–Trinajstić information content (AvgIpc) is 2.72. The molecule has 0 amide bonds. The van der Waals surface area contributed by atoms with Gasteiger partial charge in [-0.25, -0.2) is 0 Å². The Bertz CT molecular complexity index is 462. The predicted octanol–water partition coefficient (Wildman–Crippen LogP) is 4.38. The van der Waals surface area contributed by atoms with Crippen molar-refractivity contribution in [2.75, 3.05) is 0 Å². The van der Waals surface area contributed by atoms with Gasteiger partial charge in [-0.1, -0.05) is 37.3 Å². The van der Waals surface area contributed by atoms with Gasteiger partial charge in [-0.15, -0.1) is 16.2 Å². The van der Waals surface area contributed by atoms with Gasteiger partial charge in [-0.2, -0.15) is 0 Å². The third-order valence-corrected chi connectivity index (χ3v) is 3.29. The van der Waals surface area contributed by atoms with E-state index in [9.17, 15) is 4.91 Å². The summed E-state index contributed by atoms with van der Waals surface area (Å²) in [5.74, 6) is 0. The second-order valence-electron chi connectivity index (χ2n) is 3.24. The van der Waals surface area contributed by atoms with E-state index in [4.69, 9.17) is 0 Å². The molecule has 15 heavy (non-hydrogen) atoms. The summed E-state index contributed by atoms with van der Waals surface area (Å²) in [6.45, 7) is 2.04. The van der Waals surface area contributed by atoms with Gasteiger partial charge in [0, 0.05) is 10.9 Å². The molecular weight excluding hydrogens is 206 g/mol. The van der Waals surface area contributed by atoms with Crippen LogP contribution >= 0.6 is 11.3 Å². The fourth-order valence-electron chi connectivity index (χ4n) is 1.65. The van der Waals surface area contributed by atoms with E-state index in [1.807, 2.05) is 30.5 Å². The van der Waals surface area contributed by atoms with E-state index in [1.165, 1.54) is 11.3 Å². The van der Waals surface area contributed by atoms with Crippen LogP contribution in [0.4, 0.5) is 5.00 Å². The molecule has 2 aromatic rings. The van der Waals surface area contributed by atoms with Crippen LogP contribution in [0.15, 0.2) is 40.9 Å². The smallest absolute Gasteiger partial charge is 0.144 e. The lowest BCUT2D eigenvalue weighted by molar-refractivity contribution is 1.15. The number of nitroso groups, excluding NO2 is 1. The number of nitrogens with zero attached hydrogens (tertiary/aromatic N) is 1. The summed E-state index contributed by atoms with van der Waals surface area (Å²) in [7, 11) is 0. The van der Waals surface area contributed by atoms with Gasteiger partial charge in [0.05, 0.1) is 0 Å². The zero-order chi connectivity index (χ0) is 10.7. The SMILES string of the molecule is CCc1c(-c2ccccc2)csc1N=O. The Morgan fingerprint density at radius 1 is 1.27 bits per heavy atom. The van der Waals surface area contributed by atoms with E-state index in [0.29, 0.717) is 5.00 Å². The first-order chi connectivity index (χ1) is 7.36. The minimum atomic E-state index is 0.608. The van der Waals surface area contributed by atoms with Crippen molar-refractivity contribution in [3.63, 3.8) is 0 Å². The first kappa shape index (κ1) is 10.1. The lowest BCUT2D eigenvalue weighted by atomic mass is 10.0. The van der Waals surface area contributed by atoms with Crippen molar-refractivity contribution in [3.8, 4) is 11.1 Å². The summed E-state index contributed by atoms with van der Waals surface area (Å²) in [5.41, 5.74) is 3.35. The Morgan fingerprint density at radius 2 is 2.00 bits per heavy atom. The van der Waals surface area contributed by atoms with Crippen molar-refractivity contribution in [2.24, 2.45) is 5.18 Å². The van der Waals surface area contributed by atoms with E-state index in [0.717, 1.165) is 23.1 Å². The summed E-state index contributed by atoms with van der Waals surface area (Å²) in [4.78, 5) is 10.6. The van der Waals surface area contributed by atoms with Crippen LogP contribution in [0.1, 0.15) is 12.5 Å². The van der Waals surface area contributed by atoms with Crippen molar-refractivity contribution < 1.29 is 0 Å². The van der Waals surface area contributed by atoms with Crippen LogP contribution in [-0.4, -0.2) is 0 Å². The summed E-state index contributed by atoms with van der Waals surface area (Å²) < 4.78 is 0. The molecule has 0 aliphatic heterocycles. The molecule has 0 aliphatic rings. The molecule has 0 saturated heterocycles. The van der Waals surface area contributed by atoms with Gasteiger partial charge in [0.1, 0.15) is 0 Å². The highest BCUT2D eigenvalue weighted by Crippen LogP contribution is 2.37. The third-order valence-electron chi connectivity index (χ3n) is 2.39. The topological polar surface area (TPSA) is 29.4 Å². The van der Waals surface area contributed by atoms with Crippen molar-refractivity contribution >= 4 is 16.3 Å². The molecule has 0 spiro atoms. The number of hydrogen-bond acceptors (Lipinski definition) is 3. The maximum atomic E-state index is 10.6. The second-order valence-corrected chi connectivity index (χ2v) is 4.10. The lowest BCUT2D eigenvalue weighted by Crippen LogP contribution is -1.81. The molecule has 3 heteroatoms. The molecule has 2 nitrogen and oxygen atoms in total. The highest BCUT2D eigenvalue weighted by molar-refractivity contribution is 7.14. The average molecular weight is 217 g/mol. The number of rotatable bonds is 3. The highest BCUT2D eigenvalue weighted by atomic mass is 32.1. The summed E-state index contributed by atoms with van der Waals surface area (Å²) >= 11 is 1.42. The summed E-state index contributed by atoms with van der Waals surface area (Å²) in [6, 6.07) is 10.1. The molecule has 0 radical (unpaired) electrons. The highest BCUT2D eigenvalue weighted by Gasteiger charge is 2.11. The van der Waals surface area contributed by atoms with Gasteiger partial charge < -0.3 is 0 Å². The van der Waals surface area contributed by atoms with Crippen LogP contribution in [0.3, 0.4) is 0 Å². The maximum absolute atomic E-state index is 10.6. The third kappa shape index (κ3) is 1.83. The standard InChI is InChI=1S/C12H11NOS/c1-2-10-11(8-15-12(10)13-14)9-6-4-3-5-7-9/h3-8H,2H2,1H3. The van der Waals surface area contributed by atoms with Gasteiger partial charge >= 0.3 is 0 Å². The molecule has 0 aliphatic carbocycles. The second kappa shape index (κ2) is 4.36. The fraction of sp³-hybridized carbons (Fsp3) is 0.167. The number of benzene rings is 1. The van der Waals surface area contributed by atoms with Crippen LogP contribution in [-0.2, 0) is 6.42 Å². The molecule has 1 heterocycles. The molecule has 0 N–H and O–H groups in total. The monoisotopic (exact) mass is 217 g/mol. The molecule has 0 atom stereocenters. The predicted molar refractivity (Wildman–Crippen MR) is 64.6 cm³/mol. The van der Waals surface area contributed by atoms with Gasteiger partial charge in [-0.3, -0.25) is 0 Å². The summed E-state index contributed by atoms with van der Waals surface area (Å²) in [6.07, 6.45) is 0.842. The van der Waals surface area contributed by atoms with Crippen LogP contribution in [0, 0.1) is 4.91 Å². The molecule has 1 aromatic heterocycles.